The van der Waals surface area contributed by atoms with E-state index in [0.717, 1.165) is 16.9 Å². The van der Waals surface area contributed by atoms with Crippen molar-refractivity contribution in [2.75, 3.05) is 6.61 Å². The molecular formula is C23H23FN2O4. The number of hydrogen-bond donors (Lipinski definition) is 2. The van der Waals surface area contributed by atoms with Crippen molar-refractivity contribution in [1.29, 1.82) is 0 Å². The molecule has 0 unspecified atom stereocenters. The number of benzene rings is 2. The number of hydrogen-bond acceptors (Lipinski definition) is 5. The fourth-order valence-corrected chi connectivity index (χ4v) is 2.80. The maximum Gasteiger partial charge on any atom is 0.240 e. The predicted octanol–water partition coefficient (Wildman–Crippen LogP) is 4.45. The summed E-state index contributed by atoms with van der Waals surface area (Å²) < 4.78 is 24.0. The molecule has 1 atom stereocenters. The Balaban J connectivity index is 1.45. The van der Waals surface area contributed by atoms with Gasteiger partial charge in [0.25, 0.3) is 0 Å². The summed E-state index contributed by atoms with van der Waals surface area (Å²) in [6, 6.07) is 16.5. The largest absolute Gasteiger partial charge is 0.494 e. The molecule has 156 valence electrons. The molecule has 0 saturated carbocycles. The molecule has 30 heavy (non-hydrogen) atoms. The van der Waals surface area contributed by atoms with E-state index >= 15 is 0 Å². The number of aliphatic hydroxyl groups is 1. The predicted molar refractivity (Wildman–Crippen MR) is 112 cm³/mol. The molecule has 3 aromatic rings. The van der Waals surface area contributed by atoms with E-state index in [2.05, 4.69) is 10.5 Å². The lowest BCUT2D eigenvalue weighted by atomic mass is 10.0. The van der Waals surface area contributed by atoms with Gasteiger partial charge in [-0.3, -0.25) is 4.79 Å². The quantitative estimate of drug-likeness (QED) is 0.403. The number of halogens is 1. The number of nitrogens with one attached hydrogen (secondary N) is 1. The third kappa shape index (κ3) is 6.02. The zero-order valence-electron chi connectivity index (χ0n) is 16.5. The third-order valence-corrected chi connectivity index (χ3v) is 4.36. The van der Waals surface area contributed by atoms with Crippen molar-refractivity contribution in [1.82, 2.24) is 5.43 Å². The summed E-state index contributed by atoms with van der Waals surface area (Å²) in [5.41, 5.74) is 3.87. The van der Waals surface area contributed by atoms with Crippen LogP contribution >= 0.6 is 0 Å². The molecule has 0 spiro atoms. The van der Waals surface area contributed by atoms with Crippen molar-refractivity contribution in [3.05, 3.63) is 77.8 Å². The van der Waals surface area contributed by atoms with Crippen LogP contribution in [0.4, 0.5) is 4.39 Å². The second kappa shape index (κ2) is 10.4. The molecule has 1 heterocycles. The molecule has 1 aromatic heterocycles. The van der Waals surface area contributed by atoms with Gasteiger partial charge in [-0.1, -0.05) is 12.1 Å². The zero-order valence-corrected chi connectivity index (χ0v) is 16.5. The lowest BCUT2D eigenvalue weighted by molar-refractivity contribution is -0.121. The van der Waals surface area contributed by atoms with Crippen molar-refractivity contribution >= 4 is 12.1 Å². The van der Waals surface area contributed by atoms with Crippen LogP contribution in [-0.2, 0) is 4.79 Å². The van der Waals surface area contributed by atoms with Gasteiger partial charge in [0.1, 0.15) is 23.1 Å². The molecule has 0 radical (unpaired) electrons. The lowest BCUT2D eigenvalue weighted by Crippen LogP contribution is -2.18. The Morgan fingerprint density at radius 3 is 2.60 bits per heavy atom. The highest BCUT2D eigenvalue weighted by molar-refractivity contribution is 5.81. The highest BCUT2D eigenvalue weighted by Crippen LogP contribution is 2.22. The molecule has 0 fully saturated rings. The number of furan rings is 1. The minimum absolute atomic E-state index is 0.116. The van der Waals surface area contributed by atoms with Crippen LogP contribution in [-0.4, -0.2) is 23.8 Å². The standard InChI is InChI=1S/C23H23FN2O4/c1-2-29-19-9-5-16(6-10-19)21(27)12-14-23(28)26-25-15-20-11-13-22(30-20)17-3-7-18(24)8-4-17/h3-11,13,15,21,27H,2,12,14H2,1H3,(H,26,28)/b25-15-/t21-/m0/s1. The average molecular weight is 410 g/mol. The fourth-order valence-electron chi connectivity index (χ4n) is 2.80. The molecule has 2 N–H and O–H groups in total. The van der Waals surface area contributed by atoms with Crippen LogP contribution < -0.4 is 10.2 Å². The number of ether oxygens (including phenoxy) is 1. The SMILES string of the molecule is CCOc1ccc([C@@H](O)CCC(=O)N/N=C\c2ccc(-c3ccc(F)cc3)o2)cc1. The first-order valence-corrected chi connectivity index (χ1v) is 9.63. The van der Waals surface area contributed by atoms with Crippen LogP contribution in [0.25, 0.3) is 11.3 Å². The Morgan fingerprint density at radius 1 is 1.17 bits per heavy atom. The number of hydrazone groups is 1. The summed E-state index contributed by atoms with van der Waals surface area (Å²) >= 11 is 0. The number of carbonyl (C=O) groups is 1. The van der Waals surface area contributed by atoms with Gasteiger partial charge in [-0.05, 0) is 67.4 Å². The first kappa shape index (κ1) is 21.3. The third-order valence-electron chi connectivity index (χ3n) is 4.36. The first-order valence-electron chi connectivity index (χ1n) is 9.63. The first-order chi connectivity index (χ1) is 14.5. The summed E-state index contributed by atoms with van der Waals surface area (Å²) in [7, 11) is 0. The highest BCUT2D eigenvalue weighted by atomic mass is 19.1. The van der Waals surface area contributed by atoms with Crippen LogP contribution in [0.2, 0.25) is 0 Å². The zero-order chi connectivity index (χ0) is 21.3. The lowest BCUT2D eigenvalue weighted by Gasteiger charge is -2.11. The van der Waals surface area contributed by atoms with Crippen molar-refractivity contribution in [3.8, 4) is 17.1 Å². The van der Waals surface area contributed by atoms with Crippen molar-refractivity contribution < 1.29 is 23.4 Å². The van der Waals surface area contributed by atoms with E-state index in [-0.39, 0.29) is 24.6 Å². The Bertz CT molecular complexity index is 981. The molecule has 7 heteroatoms. The molecule has 2 aromatic carbocycles. The number of rotatable bonds is 9. The second-order valence-corrected chi connectivity index (χ2v) is 6.56. The van der Waals surface area contributed by atoms with E-state index in [9.17, 15) is 14.3 Å². The van der Waals surface area contributed by atoms with Gasteiger partial charge < -0.3 is 14.3 Å². The molecule has 0 aliphatic heterocycles. The number of aliphatic hydroxyl groups excluding tert-OH is 1. The van der Waals surface area contributed by atoms with E-state index in [1.165, 1.54) is 18.3 Å². The molecule has 0 saturated heterocycles. The number of carbonyl (C=O) groups excluding carboxylic acids is 1. The maximum absolute atomic E-state index is 13.0. The maximum atomic E-state index is 13.0. The molecular weight excluding hydrogens is 387 g/mol. The average Bonchev–Trinajstić information content (AvgIpc) is 3.22. The number of amides is 1. The normalized spacial score (nSPS) is 12.1. The van der Waals surface area contributed by atoms with Gasteiger partial charge in [0, 0.05) is 12.0 Å². The molecule has 3 rings (SSSR count). The van der Waals surface area contributed by atoms with E-state index in [0.29, 0.717) is 18.1 Å². The van der Waals surface area contributed by atoms with Crippen molar-refractivity contribution in [2.24, 2.45) is 5.10 Å². The van der Waals surface area contributed by atoms with Gasteiger partial charge in [-0.25, -0.2) is 9.82 Å². The molecule has 6 nitrogen and oxygen atoms in total. The summed E-state index contributed by atoms with van der Waals surface area (Å²) in [5.74, 6) is 1.12. The van der Waals surface area contributed by atoms with Crippen LogP contribution in [0.3, 0.4) is 0 Å². The fraction of sp³-hybridized carbons (Fsp3) is 0.217. The van der Waals surface area contributed by atoms with E-state index in [1.54, 1.807) is 48.5 Å². The monoisotopic (exact) mass is 410 g/mol. The summed E-state index contributed by atoms with van der Waals surface area (Å²) in [5, 5.41) is 14.1. The van der Waals surface area contributed by atoms with E-state index < -0.39 is 6.10 Å². The van der Waals surface area contributed by atoms with E-state index in [1.807, 2.05) is 6.92 Å². The minimum atomic E-state index is -0.751. The van der Waals surface area contributed by atoms with Crippen LogP contribution in [0.1, 0.15) is 37.2 Å². The summed E-state index contributed by atoms with van der Waals surface area (Å²) in [4.78, 5) is 11.9. The van der Waals surface area contributed by atoms with Crippen LogP contribution in [0, 0.1) is 5.82 Å². The van der Waals surface area contributed by atoms with Crippen LogP contribution in [0.15, 0.2) is 70.2 Å². The smallest absolute Gasteiger partial charge is 0.240 e. The minimum Gasteiger partial charge on any atom is -0.494 e. The Hall–Kier alpha value is -3.45. The van der Waals surface area contributed by atoms with Gasteiger partial charge in [-0.15, -0.1) is 0 Å². The van der Waals surface area contributed by atoms with Crippen LogP contribution in [0.5, 0.6) is 5.75 Å². The van der Waals surface area contributed by atoms with Gasteiger partial charge in [0.15, 0.2) is 0 Å². The van der Waals surface area contributed by atoms with Gasteiger partial charge in [0.2, 0.25) is 5.91 Å². The molecule has 1 amide bonds. The molecule has 0 aliphatic rings. The Morgan fingerprint density at radius 2 is 1.90 bits per heavy atom. The van der Waals surface area contributed by atoms with Gasteiger partial charge in [0.05, 0.1) is 18.9 Å². The van der Waals surface area contributed by atoms with Crippen molar-refractivity contribution in [2.45, 2.75) is 25.9 Å². The summed E-state index contributed by atoms with van der Waals surface area (Å²) in [6.45, 7) is 2.48. The van der Waals surface area contributed by atoms with Gasteiger partial charge in [-0.2, -0.15) is 5.10 Å². The Kier molecular flexibility index (Phi) is 7.34. The topological polar surface area (TPSA) is 84.1 Å². The molecule has 0 bridgehead atoms. The second-order valence-electron chi connectivity index (χ2n) is 6.56. The van der Waals surface area contributed by atoms with E-state index in [4.69, 9.17) is 9.15 Å². The summed E-state index contributed by atoms with van der Waals surface area (Å²) in [6.07, 6.45) is 1.02. The Labute approximate surface area is 174 Å². The molecule has 0 aliphatic carbocycles. The van der Waals surface area contributed by atoms with Gasteiger partial charge >= 0.3 is 0 Å². The highest BCUT2D eigenvalue weighted by Gasteiger charge is 2.10. The number of nitrogens with zero attached hydrogens (tertiary/aromatic N) is 1. The van der Waals surface area contributed by atoms with Crippen molar-refractivity contribution in [3.63, 3.8) is 0 Å².